The van der Waals surface area contributed by atoms with Crippen molar-refractivity contribution in [2.45, 2.75) is 26.2 Å². The van der Waals surface area contributed by atoms with Gasteiger partial charge in [-0.15, -0.1) is 0 Å². The molecule has 5 heterocycles. The highest BCUT2D eigenvalue weighted by Gasteiger charge is 2.37. The van der Waals surface area contributed by atoms with Crippen molar-refractivity contribution in [3.8, 4) is 5.82 Å². The maximum Gasteiger partial charge on any atom is 0.156 e. The molecule has 2 aliphatic rings. The fraction of sp³-hybridized carbons (Fsp3) is 0.375. The lowest BCUT2D eigenvalue weighted by Crippen LogP contribution is -2.41. The van der Waals surface area contributed by atoms with Gasteiger partial charge in [-0.2, -0.15) is 5.10 Å². The Morgan fingerprint density at radius 3 is 2.78 bits per heavy atom. The quantitative estimate of drug-likeness (QED) is 0.607. The number of rotatable bonds is 5. The molecular formula is C24H28N8. The minimum Gasteiger partial charge on any atom is -0.357 e. The first-order valence-corrected chi connectivity index (χ1v) is 11.1. The summed E-state index contributed by atoms with van der Waals surface area (Å²) in [5, 5.41) is 16.4. The Hall–Kier alpha value is -3.39. The van der Waals surface area contributed by atoms with Gasteiger partial charge in [0.1, 0.15) is 5.82 Å². The molecule has 2 N–H and O–H groups in total. The van der Waals surface area contributed by atoms with Crippen LogP contribution in [0.2, 0.25) is 0 Å². The molecule has 164 valence electrons. The predicted molar refractivity (Wildman–Crippen MR) is 129 cm³/mol. The molecular weight excluding hydrogens is 400 g/mol. The van der Waals surface area contributed by atoms with Gasteiger partial charge in [0.2, 0.25) is 0 Å². The molecule has 0 saturated carbocycles. The molecule has 0 radical (unpaired) electrons. The van der Waals surface area contributed by atoms with Crippen molar-refractivity contribution < 1.29 is 0 Å². The average Bonchev–Trinajstić information content (AvgIpc) is 3.46. The van der Waals surface area contributed by atoms with E-state index in [4.69, 9.17) is 10.4 Å². The highest BCUT2D eigenvalue weighted by Crippen LogP contribution is 2.38. The molecule has 2 fully saturated rings. The van der Waals surface area contributed by atoms with E-state index in [-0.39, 0.29) is 0 Å². The molecule has 0 atom stereocenters. The second kappa shape index (κ2) is 8.27. The first-order chi connectivity index (χ1) is 15.6. The van der Waals surface area contributed by atoms with Crippen LogP contribution in [0, 0.1) is 10.8 Å². The third-order valence-corrected chi connectivity index (χ3v) is 6.69. The highest BCUT2D eigenvalue weighted by atomic mass is 15.3. The second-order valence-electron chi connectivity index (χ2n) is 8.80. The molecule has 32 heavy (non-hydrogen) atoms. The normalized spacial score (nSPS) is 18.4. The average molecular weight is 429 g/mol. The topological polar surface area (TPSA) is 95.1 Å². The van der Waals surface area contributed by atoms with Gasteiger partial charge in [0.25, 0.3) is 0 Å². The molecule has 2 saturated heterocycles. The first-order valence-electron chi connectivity index (χ1n) is 11.1. The molecule has 0 bridgehead atoms. The van der Waals surface area contributed by atoms with Gasteiger partial charge in [-0.3, -0.25) is 9.98 Å². The van der Waals surface area contributed by atoms with Crippen LogP contribution in [0.15, 0.2) is 48.2 Å². The maximum absolute atomic E-state index is 7.32. The summed E-state index contributed by atoms with van der Waals surface area (Å²) in [6.45, 7) is 10.1. The lowest BCUT2D eigenvalue weighted by molar-refractivity contribution is 0.247. The number of fused-ring (bicyclic) bond motifs is 1. The van der Waals surface area contributed by atoms with Gasteiger partial charge in [-0.05, 0) is 56.3 Å². The summed E-state index contributed by atoms with van der Waals surface area (Å²) in [6.07, 6.45) is 8.49. The zero-order valence-corrected chi connectivity index (χ0v) is 18.4. The molecule has 0 aliphatic carbocycles. The van der Waals surface area contributed by atoms with E-state index in [1.54, 1.807) is 19.3 Å². The van der Waals surface area contributed by atoms with Crippen molar-refractivity contribution >= 4 is 34.3 Å². The molecule has 8 nitrogen and oxygen atoms in total. The molecule has 2 aliphatic heterocycles. The molecule has 0 amide bonds. The number of piperidine rings is 1. The van der Waals surface area contributed by atoms with E-state index >= 15 is 0 Å². The first kappa shape index (κ1) is 20.5. The van der Waals surface area contributed by atoms with Crippen molar-refractivity contribution in [1.29, 1.82) is 5.41 Å². The summed E-state index contributed by atoms with van der Waals surface area (Å²) in [5.41, 5.74) is 3.14. The van der Waals surface area contributed by atoms with E-state index < -0.39 is 0 Å². The Morgan fingerprint density at radius 1 is 1.22 bits per heavy atom. The van der Waals surface area contributed by atoms with Gasteiger partial charge in [0, 0.05) is 37.4 Å². The van der Waals surface area contributed by atoms with E-state index in [0.29, 0.717) is 22.5 Å². The number of hydrogen-bond donors (Lipinski definition) is 2. The summed E-state index contributed by atoms with van der Waals surface area (Å²) in [6, 6.07) is 8.04. The van der Waals surface area contributed by atoms with Crippen LogP contribution in [0.3, 0.4) is 0 Å². The molecule has 3 aromatic rings. The van der Waals surface area contributed by atoms with E-state index in [1.165, 1.54) is 25.5 Å². The van der Waals surface area contributed by atoms with Gasteiger partial charge in [0.15, 0.2) is 5.82 Å². The van der Waals surface area contributed by atoms with E-state index in [2.05, 4.69) is 37.9 Å². The van der Waals surface area contributed by atoms with Crippen molar-refractivity contribution in [3.05, 3.63) is 48.9 Å². The lowest BCUT2D eigenvalue weighted by atomic mass is 9.78. The van der Waals surface area contributed by atoms with Crippen molar-refractivity contribution in [3.63, 3.8) is 0 Å². The molecule has 5 rings (SSSR count). The number of aliphatic imine (C=N–C) groups is 1. The standard InChI is InChI=1S/C24H28N8/c1-17(13-25)29-18(2)20-12-21-19(14-27-20)15-28-32(21)23-5-3-4-22(30-23)31-10-7-24(8-11-31)6-9-26-16-24/h3-5,12-15,25-26H,2,6-11,16H2,1H3/b25-13?,29-17-. The Labute approximate surface area is 187 Å². The van der Waals surface area contributed by atoms with Crippen LogP contribution in [-0.2, 0) is 0 Å². The van der Waals surface area contributed by atoms with Crippen LogP contribution in [0.1, 0.15) is 31.9 Å². The minimum atomic E-state index is 0.483. The monoisotopic (exact) mass is 428 g/mol. The molecule has 0 unspecified atom stereocenters. The Kier molecular flexibility index (Phi) is 5.30. The maximum atomic E-state index is 7.32. The summed E-state index contributed by atoms with van der Waals surface area (Å²) >= 11 is 0. The molecule has 3 aromatic heterocycles. The van der Waals surface area contributed by atoms with Crippen LogP contribution in [-0.4, -0.2) is 57.9 Å². The number of nitrogens with zero attached hydrogens (tertiary/aromatic N) is 6. The molecule has 0 aromatic carbocycles. The Bertz CT molecular complexity index is 1190. The van der Waals surface area contributed by atoms with Gasteiger partial charge in [-0.25, -0.2) is 9.67 Å². The van der Waals surface area contributed by atoms with Gasteiger partial charge < -0.3 is 15.6 Å². The highest BCUT2D eigenvalue weighted by molar-refractivity contribution is 6.29. The summed E-state index contributed by atoms with van der Waals surface area (Å²) < 4.78 is 1.84. The number of hydrogen-bond acceptors (Lipinski definition) is 7. The zero-order chi connectivity index (χ0) is 22.1. The number of aromatic nitrogens is 4. The van der Waals surface area contributed by atoms with E-state index in [0.717, 1.165) is 48.7 Å². The van der Waals surface area contributed by atoms with Gasteiger partial charge in [-0.1, -0.05) is 12.6 Å². The van der Waals surface area contributed by atoms with E-state index in [1.807, 2.05) is 22.9 Å². The van der Waals surface area contributed by atoms with Crippen molar-refractivity contribution in [2.75, 3.05) is 31.1 Å². The largest absolute Gasteiger partial charge is 0.357 e. The Balaban J connectivity index is 1.42. The van der Waals surface area contributed by atoms with E-state index in [9.17, 15) is 0 Å². The van der Waals surface area contributed by atoms with Crippen LogP contribution in [0.4, 0.5) is 5.82 Å². The van der Waals surface area contributed by atoms with Crippen LogP contribution in [0.5, 0.6) is 0 Å². The van der Waals surface area contributed by atoms with Crippen LogP contribution >= 0.6 is 0 Å². The summed E-state index contributed by atoms with van der Waals surface area (Å²) in [5.74, 6) is 1.78. The molecule has 1 spiro atoms. The van der Waals surface area contributed by atoms with Crippen molar-refractivity contribution in [1.82, 2.24) is 25.1 Å². The fourth-order valence-corrected chi connectivity index (χ4v) is 4.70. The Morgan fingerprint density at radius 2 is 2.03 bits per heavy atom. The number of anilines is 1. The minimum absolute atomic E-state index is 0.483. The second-order valence-corrected chi connectivity index (χ2v) is 8.80. The van der Waals surface area contributed by atoms with Crippen LogP contribution < -0.4 is 10.2 Å². The SMILES string of the molecule is C=C(/N=C(/C)C=N)c1cc2c(cn1)cnn2-c1cccc(N2CCC3(CCNC3)CC2)n1. The molecule has 8 heteroatoms. The smallest absolute Gasteiger partial charge is 0.156 e. The summed E-state index contributed by atoms with van der Waals surface area (Å²) in [7, 11) is 0. The van der Waals surface area contributed by atoms with Crippen LogP contribution in [0.25, 0.3) is 22.4 Å². The van der Waals surface area contributed by atoms with Gasteiger partial charge in [0.05, 0.1) is 28.8 Å². The lowest BCUT2D eigenvalue weighted by Gasteiger charge is -2.39. The summed E-state index contributed by atoms with van der Waals surface area (Å²) in [4.78, 5) is 16.1. The predicted octanol–water partition coefficient (Wildman–Crippen LogP) is 3.48. The third-order valence-electron chi connectivity index (χ3n) is 6.69. The number of pyridine rings is 2. The fourth-order valence-electron chi connectivity index (χ4n) is 4.70. The van der Waals surface area contributed by atoms with Crippen molar-refractivity contribution in [2.24, 2.45) is 10.4 Å². The zero-order valence-electron chi connectivity index (χ0n) is 18.4. The number of nitrogens with one attached hydrogen (secondary N) is 2. The van der Waals surface area contributed by atoms with Gasteiger partial charge >= 0.3 is 0 Å². The third kappa shape index (κ3) is 3.82.